The van der Waals surface area contributed by atoms with E-state index in [1.54, 1.807) is 7.11 Å². The maximum Gasteiger partial charge on any atom is 0.231 e. The quantitative estimate of drug-likeness (QED) is 0.777. The first kappa shape index (κ1) is 12.1. The van der Waals surface area contributed by atoms with Crippen molar-refractivity contribution in [2.24, 2.45) is 5.73 Å². The number of hydrogen-bond acceptors (Lipinski definition) is 5. The first-order chi connectivity index (χ1) is 7.26. The average molecular weight is 213 g/mol. The van der Waals surface area contributed by atoms with Crippen LogP contribution in [0.4, 0.5) is 0 Å². The van der Waals surface area contributed by atoms with Crippen molar-refractivity contribution < 1.29 is 9.26 Å². The Labute approximate surface area is 90.0 Å². The molecule has 0 fully saturated rings. The smallest absolute Gasteiger partial charge is 0.231 e. The van der Waals surface area contributed by atoms with Crippen molar-refractivity contribution in [3.05, 3.63) is 11.7 Å². The van der Waals surface area contributed by atoms with Crippen LogP contribution in [-0.2, 0) is 4.74 Å². The van der Waals surface area contributed by atoms with Gasteiger partial charge in [0.1, 0.15) is 6.10 Å². The highest BCUT2D eigenvalue weighted by Gasteiger charge is 2.19. The summed E-state index contributed by atoms with van der Waals surface area (Å²) in [5.41, 5.74) is 5.61. The second kappa shape index (κ2) is 5.82. The zero-order valence-electron chi connectivity index (χ0n) is 9.56. The molecule has 0 aliphatic rings. The average Bonchev–Trinajstić information content (AvgIpc) is 2.71. The largest absolute Gasteiger partial charge is 0.373 e. The number of hydrogen-bond donors (Lipinski definition) is 1. The fraction of sp³-hybridized carbons (Fsp3) is 0.800. The Kier molecular flexibility index (Phi) is 4.71. The van der Waals surface area contributed by atoms with Gasteiger partial charge in [0.2, 0.25) is 11.7 Å². The van der Waals surface area contributed by atoms with Crippen molar-refractivity contribution in [2.45, 2.75) is 38.7 Å². The Morgan fingerprint density at radius 1 is 1.40 bits per heavy atom. The maximum atomic E-state index is 5.61. The van der Waals surface area contributed by atoms with E-state index in [-0.39, 0.29) is 12.0 Å². The summed E-state index contributed by atoms with van der Waals surface area (Å²) in [4.78, 5) is 4.31. The Bertz CT molecular complexity index is 253. The first-order valence-electron chi connectivity index (χ1n) is 5.33. The molecule has 15 heavy (non-hydrogen) atoms. The maximum absolute atomic E-state index is 5.61. The Hall–Kier alpha value is -0.940. The molecule has 0 bridgehead atoms. The molecule has 0 saturated carbocycles. The molecule has 5 heteroatoms. The van der Waals surface area contributed by atoms with Crippen LogP contribution in [0.1, 0.15) is 50.4 Å². The van der Waals surface area contributed by atoms with Crippen LogP contribution in [0.15, 0.2) is 4.52 Å². The number of ether oxygens (including phenoxy) is 1. The molecule has 86 valence electrons. The summed E-state index contributed by atoms with van der Waals surface area (Å²) in [7, 11) is 1.64. The van der Waals surface area contributed by atoms with Gasteiger partial charge in [0, 0.05) is 13.7 Å². The Balaban J connectivity index is 2.78. The van der Waals surface area contributed by atoms with Gasteiger partial charge in [-0.3, -0.25) is 0 Å². The van der Waals surface area contributed by atoms with Gasteiger partial charge in [0.05, 0.1) is 5.92 Å². The van der Waals surface area contributed by atoms with Crippen LogP contribution in [0.3, 0.4) is 0 Å². The van der Waals surface area contributed by atoms with Gasteiger partial charge in [-0.25, -0.2) is 0 Å². The van der Waals surface area contributed by atoms with Gasteiger partial charge in [-0.15, -0.1) is 0 Å². The van der Waals surface area contributed by atoms with E-state index >= 15 is 0 Å². The van der Waals surface area contributed by atoms with Crippen LogP contribution >= 0.6 is 0 Å². The molecule has 0 aliphatic heterocycles. The highest BCUT2D eigenvalue weighted by atomic mass is 16.5. The molecule has 1 aromatic rings. The summed E-state index contributed by atoms with van der Waals surface area (Å²) < 4.78 is 10.4. The fourth-order valence-electron chi connectivity index (χ4n) is 1.44. The summed E-state index contributed by atoms with van der Waals surface area (Å²) >= 11 is 0. The van der Waals surface area contributed by atoms with E-state index in [9.17, 15) is 0 Å². The number of nitrogens with two attached hydrogens (primary N) is 1. The van der Waals surface area contributed by atoms with Gasteiger partial charge in [-0.05, 0) is 12.8 Å². The standard InChI is InChI=1S/C10H19N3O2/c1-4-7(6-11)10-12-9(13-15-10)8(5-2)14-3/h7-8H,4-6,11H2,1-3H3. The van der Waals surface area contributed by atoms with Crippen LogP contribution in [0, 0.1) is 0 Å². The second-order valence-electron chi connectivity index (χ2n) is 3.46. The minimum absolute atomic E-state index is 0.0854. The summed E-state index contributed by atoms with van der Waals surface area (Å²) in [5, 5.41) is 3.91. The van der Waals surface area contributed by atoms with Crippen molar-refractivity contribution in [3.63, 3.8) is 0 Å². The van der Waals surface area contributed by atoms with Gasteiger partial charge < -0.3 is 15.0 Å². The van der Waals surface area contributed by atoms with E-state index in [2.05, 4.69) is 17.1 Å². The molecular weight excluding hydrogens is 194 g/mol. The van der Waals surface area contributed by atoms with Crippen LogP contribution in [0.5, 0.6) is 0 Å². The summed E-state index contributed by atoms with van der Waals surface area (Å²) in [6, 6.07) is 0. The topological polar surface area (TPSA) is 74.2 Å². The predicted molar refractivity (Wildman–Crippen MR) is 56.4 cm³/mol. The van der Waals surface area contributed by atoms with E-state index < -0.39 is 0 Å². The third-order valence-electron chi connectivity index (χ3n) is 2.53. The molecule has 0 radical (unpaired) electrons. The van der Waals surface area contributed by atoms with E-state index in [4.69, 9.17) is 15.0 Å². The zero-order valence-corrected chi connectivity index (χ0v) is 9.56. The number of rotatable bonds is 6. The molecule has 2 atom stereocenters. The highest BCUT2D eigenvalue weighted by molar-refractivity contribution is 4.96. The monoisotopic (exact) mass is 213 g/mol. The third kappa shape index (κ3) is 2.76. The van der Waals surface area contributed by atoms with Crippen LogP contribution in [-0.4, -0.2) is 23.8 Å². The summed E-state index contributed by atoms with van der Waals surface area (Å²) in [5.74, 6) is 1.38. The van der Waals surface area contributed by atoms with E-state index in [1.807, 2.05) is 6.92 Å². The van der Waals surface area contributed by atoms with Gasteiger partial charge in [0.15, 0.2) is 0 Å². The fourth-order valence-corrected chi connectivity index (χ4v) is 1.44. The lowest BCUT2D eigenvalue weighted by Gasteiger charge is -2.07. The van der Waals surface area contributed by atoms with Gasteiger partial charge in [-0.1, -0.05) is 19.0 Å². The highest BCUT2D eigenvalue weighted by Crippen LogP contribution is 2.21. The van der Waals surface area contributed by atoms with Crippen molar-refractivity contribution in [3.8, 4) is 0 Å². The normalized spacial score (nSPS) is 15.2. The molecule has 5 nitrogen and oxygen atoms in total. The van der Waals surface area contributed by atoms with Crippen LogP contribution in [0.2, 0.25) is 0 Å². The molecule has 1 aromatic heterocycles. The lowest BCUT2D eigenvalue weighted by Crippen LogP contribution is -2.12. The third-order valence-corrected chi connectivity index (χ3v) is 2.53. The first-order valence-corrected chi connectivity index (χ1v) is 5.33. The molecule has 2 unspecified atom stereocenters. The van der Waals surface area contributed by atoms with Crippen LogP contribution in [0.25, 0.3) is 0 Å². The van der Waals surface area contributed by atoms with Gasteiger partial charge in [-0.2, -0.15) is 4.98 Å². The number of nitrogens with zero attached hydrogens (tertiary/aromatic N) is 2. The molecule has 1 rings (SSSR count). The Morgan fingerprint density at radius 3 is 2.60 bits per heavy atom. The van der Waals surface area contributed by atoms with E-state index in [0.717, 1.165) is 12.8 Å². The lowest BCUT2D eigenvalue weighted by atomic mass is 10.1. The van der Waals surface area contributed by atoms with Crippen molar-refractivity contribution in [1.82, 2.24) is 10.1 Å². The molecule has 0 spiro atoms. The second-order valence-corrected chi connectivity index (χ2v) is 3.46. The lowest BCUT2D eigenvalue weighted by molar-refractivity contribution is 0.0903. The Morgan fingerprint density at radius 2 is 2.13 bits per heavy atom. The van der Waals surface area contributed by atoms with E-state index in [0.29, 0.717) is 18.3 Å². The van der Waals surface area contributed by atoms with Crippen molar-refractivity contribution >= 4 is 0 Å². The molecular formula is C10H19N3O2. The van der Waals surface area contributed by atoms with Crippen LogP contribution < -0.4 is 5.73 Å². The minimum atomic E-state index is -0.0854. The van der Waals surface area contributed by atoms with Gasteiger partial charge in [0.25, 0.3) is 0 Å². The molecule has 2 N–H and O–H groups in total. The van der Waals surface area contributed by atoms with Crippen molar-refractivity contribution in [2.75, 3.05) is 13.7 Å². The summed E-state index contributed by atoms with van der Waals surface area (Å²) in [6.45, 7) is 4.60. The predicted octanol–water partition coefficient (Wildman–Crippen LogP) is 1.62. The zero-order chi connectivity index (χ0) is 11.3. The van der Waals surface area contributed by atoms with Crippen molar-refractivity contribution in [1.29, 1.82) is 0 Å². The molecule has 0 aromatic carbocycles. The number of methoxy groups -OCH3 is 1. The molecule has 0 amide bonds. The van der Waals surface area contributed by atoms with Gasteiger partial charge >= 0.3 is 0 Å². The SMILES string of the molecule is CCC(CN)c1nc(C(CC)OC)no1. The number of aromatic nitrogens is 2. The summed E-state index contributed by atoms with van der Waals surface area (Å²) in [6.07, 6.45) is 1.65. The van der Waals surface area contributed by atoms with E-state index in [1.165, 1.54) is 0 Å². The molecule has 1 heterocycles. The molecule has 0 aliphatic carbocycles. The molecule has 0 saturated heterocycles. The minimum Gasteiger partial charge on any atom is -0.373 e.